The van der Waals surface area contributed by atoms with Crippen molar-refractivity contribution in [3.8, 4) is 0 Å². The van der Waals surface area contributed by atoms with Gasteiger partial charge in [0.25, 0.3) is 0 Å². The summed E-state index contributed by atoms with van der Waals surface area (Å²) in [6.07, 6.45) is 9.80. The van der Waals surface area contributed by atoms with Crippen molar-refractivity contribution < 1.29 is 20.4 Å². The Balaban J connectivity index is 1.64. The van der Waals surface area contributed by atoms with Crippen LogP contribution in [0.15, 0.2) is 35.5 Å². The summed E-state index contributed by atoms with van der Waals surface area (Å²) in [4.78, 5) is 0. The highest BCUT2D eigenvalue weighted by Gasteiger charge is 2.68. The summed E-state index contributed by atoms with van der Waals surface area (Å²) in [5, 5.41) is 42.8. The zero-order valence-corrected chi connectivity index (χ0v) is 21.9. The van der Waals surface area contributed by atoms with Crippen LogP contribution in [0.2, 0.25) is 0 Å². The predicted molar refractivity (Wildman–Crippen MR) is 135 cm³/mol. The van der Waals surface area contributed by atoms with Gasteiger partial charge in [-0.05, 0) is 85.9 Å². The van der Waals surface area contributed by atoms with Crippen LogP contribution in [-0.2, 0) is 0 Å². The minimum Gasteiger partial charge on any atom is -0.396 e. The molecule has 0 unspecified atom stereocenters. The average Bonchev–Trinajstić information content (AvgIpc) is 3.18. The van der Waals surface area contributed by atoms with E-state index in [1.807, 2.05) is 6.92 Å². The van der Waals surface area contributed by atoms with Crippen molar-refractivity contribution in [3.63, 3.8) is 0 Å². The van der Waals surface area contributed by atoms with E-state index in [0.29, 0.717) is 24.2 Å². The van der Waals surface area contributed by atoms with E-state index >= 15 is 0 Å². The summed E-state index contributed by atoms with van der Waals surface area (Å²) in [6, 6.07) is 0. The molecule has 5 rings (SSSR count). The van der Waals surface area contributed by atoms with Crippen molar-refractivity contribution in [2.45, 2.75) is 91.8 Å². The summed E-state index contributed by atoms with van der Waals surface area (Å²) in [5.41, 5.74) is 2.87. The summed E-state index contributed by atoms with van der Waals surface area (Å²) in [6.45, 7) is 15.8. The number of hydrogen-bond acceptors (Lipinski definition) is 4. The van der Waals surface area contributed by atoms with Gasteiger partial charge in [0.1, 0.15) is 0 Å². The molecule has 0 aliphatic heterocycles. The van der Waals surface area contributed by atoms with Crippen molar-refractivity contribution in [1.82, 2.24) is 0 Å². The minimum atomic E-state index is -0.943. The van der Waals surface area contributed by atoms with E-state index < -0.39 is 17.6 Å². The van der Waals surface area contributed by atoms with Crippen LogP contribution in [0.5, 0.6) is 0 Å². The zero-order valence-electron chi connectivity index (χ0n) is 21.9. The van der Waals surface area contributed by atoms with E-state index in [0.717, 1.165) is 44.1 Å². The number of hydrogen-bond donors (Lipinski definition) is 4. The number of aliphatic hydroxyl groups is 4. The average molecular weight is 471 g/mol. The molecule has 0 aromatic carbocycles. The third kappa shape index (κ3) is 2.75. The van der Waals surface area contributed by atoms with Gasteiger partial charge in [-0.15, -0.1) is 0 Å². The van der Waals surface area contributed by atoms with Crippen LogP contribution in [0.3, 0.4) is 0 Å². The van der Waals surface area contributed by atoms with E-state index in [1.165, 1.54) is 5.57 Å². The SMILES string of the molecule is C=C(C)[C@@H]1CC[C@]2(CO)CC[C@]3(C)C(=CC[C@@H]4[C@@]5(C)C[C@@H](O)[C@H](O)[C@@](C)(CO)C5=CC[C@]43C)[C@@H]12. The maximum Gasteiger partial charge on any atom is 0.0912 e. The molecule has 190 valence electrons. The molecule has 0 radical (unpaired) electrons. The molecule has 5 aliphatic carbocycles. The first-order valence-electron chi connectivity index (χ1n) is 13.5. The Morgan fingerprint density at radius 3 is 2.35 bits per heavy atom. The molecule has 0 bridgehead atoms. The Morgan fingerprint density at radius 1 is 1.03 bits per heavy atom. The van der Waals surface area contributed by atoms with E-state index in [9.17, 15) is 20.4 Å². The molecule has 0 saturated heterocycles. The highest BCUT2D eigenvalue weighted by atomic mass is 16.3. The fourth-order valence-electron chi connectivity index (χ4n) is 10.2. The number of rotatable bonds is 3. The molecule has 0 aromatic heterocycles. The maximum absolute atomic E-state index is 11.0. The third-order valence-corrected chi connectivity index (χ3v) is 12.4. The van der Waals surface area contributed by atoms with Gasteiger partial charge >= 0.3 is 0 Å². The number of aliphatic hydroxyl groups excluding tert-OH is 4. The highest BCUT2D eigenvalue weighted by molar-refractivity contribution is 5.41. The zero-order chi connectivity index (χ0) is 24.9. The molecule has 4 heteroatoms. The lowest BCUT2D eigenvalue weighted by atomic mass is 9.36. The van der Waals surface area contributed by atoms with Crippen molar-refractivity contribution in [1.29, 1.82) is 0 Å². The van der Waals surface area contributed by atoms with Crippen LogP contribution < -0.4 is 0 Å². The largest absolute Gasteiger partial charge is 0.396 e. The quantitative estimate of drug-likeness (QED) is 0.448. The Hall–Kier alpha value is -0.940. The number of allylic oxidation sites excluding steroid dienone is 4. The van der Waals surface area contributed by atoms with Crippen molar-refractivity contribution in [2.75, 3.05) is 13.2 Å². The molecule has 3 fully saturated rings. The first-order chi connectivity index (χ1) is 15.8. The lowest BCUT2D eigenvalue weighted by Crippen LogP contribution is -2.64. The highest BCUT2D eigenvalue weighted by Crippen LogP contribution is 2.75. The molecule has 34 heavy (non-hydrogen) atoms. The van der Waals surface area contributed by atoms with Crippen molar-refractivity contribution >= 4 is 0 Å². The van der Waals surface area contributed by atoms with E-state index in [-0.39, 0.29) is 34.9 Å². The normalized spacial score (nSPS) is 54.2. The van der Waals surface area contributed by atoms with E-state index in [1.54, 1.807) is 5.57 Å². The maximum atomic E-state index is 11.0. The van der Waals surface area contributed by atoms with Gasteiger partial charge in [-0.2, -0.15) is 0 Å². The van der Waals surface area contributed by atoms with Gasteiger partial charge in [0.15, 0.2) is 0 Å². The smallest absolute Gasteiger partial charge is 0.0912 e. The fraction of sp³-hybridized carbons (Fsp3) is 0.800. The Bertz CT molecular complexity index is 951. The lowest BCUT2D eigenvalue weighted by Gasteiger charge is -2.68. The lowest BCUT2D eigenvalue weighted by molar-refractivity contribution is -0.153. The van der Waals surface area contributed by atoms with Crippen LogP contribution in [0.4, 0.5) is 0 Å². The molecule has 5 aliphatic rings. The molecule has 3 saturated carbocycles. The topological polar surface area (TPSA) is 80.9 Å². The van der Waals surface area contributed by atoms with Gasteiger partial charge in [-0.25, -0.2) is 0 Å². The molecule has 10 atom stereocenters. The van der Waals surface area contributed by atoms with Gasteiger partial charge in [0.2, 0.25) is 0 Å². The fourth-order valence-corrected chi connectivity index (χ4v) is 10.2. The molecule has 0 amide bonds. The third-order valence-electron chi connectivity index (χ3n) is 12.4. The summed E-state index contributed by atoms with van der Waals surface area (Å²) in [7, 11) is 0. The Kier molecular flexibility index (Phi) is 5.48. The second-order valence-electron chi connectivity index (χ2n) is 13.7. The van der Waals surface area contributed by atoms with Crippen LogP contribution >= 0.6 is 0 Å². The van der Waals surface area contributed by atoms with Gasteiger partial charge in [-0.1, -0.05) is 63.1 Å². The van der Waals surface area contributed by atoms with Crippen molar-refractivity contribution in [3.05, 3.63) is 35.5 Å². The molecular weight excluding hydrogens is 424 g/mol. The molecule has 0 aromatic rings. The van der Waals surface area contributed by atoms with E-state index in [2.05, 4.69) is 46.4 Å². The van der Waals surface area contributed by atoms with Gasteiger partial charge < -0.3 is 20.4 Å². The van der Waals surface area contributed by atoms with E-state index in [4.69, 9.17) is 0 Å². The Morgan fingerprint density at radius 2 is 1.74 bits per heavy atom. The predicted octanol–water partition coefficient (Wildman–Crippen LogP) is 4.78. The van der Waals surface area contributed by atoms with Gasteiger partial charge in [-0.3, -0.25) is 0 Å². The molecule has 0 spiro atoms. The molecule has 4 nitrogen and oxygen atoms in total. The monoisotopic (exact) mass is 470 g/mol. The number of fused-ring (bicyclic) bond motifs is 7. The summed E-state index contributed by atoms with van der Waals surface area (Å²) >= 11 is 0. The van der Waals surface area contributed by atoms with Gasteiger partial charge in [0, 0.05) is 17.4 Å². The van der Waals surface area contributed by atoms with Crippen molar-refractivity contribution in [2.24, 2.45) is 44.8 Å². The standard InChI is InChI=1S/C30H46O4/c1-18(2)19-9-12-30(17-32)14-13-28(5)20(24(19)30)7-8-23-26(3)15-21(33)25(34)27(4,16-31)22(26)10-11-29(23,28)6/h7,10,19,21,23-25,31-34H,1,8-9,11-17H2,2-6H3/t19-,21+,23+,24+,25-,26-,27-,28+,29+,30+/m0/s1. The summed E-state index contributed by atoms with van der Waals surface area (Å²) in [5.74, 6) is 1.13. The molecular formula is C30H46O4. The first kappa shape index (κ1) is 24.7. The second kappa shape index (κ2) is 7.54. The molecule has 0 heterocycles. The van der Waals surface area contributed by atoms with Crippen LogP contribution in [0.25, 0.3) is 0 Å². The minimum absolute atomic E-state index is 0.0115. The van der Waals surface area contributed by atoms with Crippen LogP contribution in [0, 0.1) is 44.8 Å². The van der Waals surface area contributed by atoms with Crippen LogP contribution in [-0.4, -0.2) is 45.8 Å². The second-order valence-corrected chi connectivity index (χ2v) is 13.7. The summed E-state index contributed by atoms with van der Waals surface area (Å²) < 4.78 is 0. The first-order valence-corrected chi connectivity index (χ1v) is 13.5. The van der Waals surface area contributed by atoms with Crippen LogP contribution in [0.1, 0.15) is 79.6 Å². The Labute approximate surface area is 205 Å². The van der Waals surface area contributed by atoms with Gasteiger partial charge in [0.05, 0.1) is 18.8 Å². The molecule has 4 N–H and O–H groups in total.